The van der Waals surface area contributed by atoms with Crippen LogP contribution in [-0.2, 0) is 36.8 Å². The van der Waals surface area contributed by atoms with Crippen molar-refractivity contribution in [2.45, 2.75) is 50.2 Å². The van der Waals surface area contributed by atoms with E-state index in [1.165, 1.54) is 0 Å². The maximum Gasteiger partial charge on any atom is 0.407 e. The number of fused-ring (bicyclic) bond motifs is 3. The highest BCUT2D eigenvalue weighted by molar-refractivity contribution is 5.86. The molecule has 53 heavy (non-hydrogen) atoms. The summed E-state index contributed by atoms with van der Waals surface area (Å²) in [6.45, 7) is 0.180. The molecular formula is C43H45N3O7. The number of hydrogen-bond acceptors (Lipinski definition) is 7. The standard InChI is InChI=1S/C43H45N3O7/c47-24-23-46(27-31-15-5-2-6-16-31)40(48)26-32-17-7-12-22-39(42(50)52-28-33(44-41(32)49)25-30-13-3-1-4-14-30)45-43(51)53-29-38-36-20-10-8-18-34(36)35-19-9-11-21-37(35)38/h1-16,18-21,32-33,38-39,47H,17,22-29H2,(H,44,49)(H,45,51)/b12-7-/t32-,33+,39-/m1/s1. The van der Waals surface area contributed by atoms with Gasteiger partial charge < -0.3 is 30.1 Å². The summed E-state index contributed by atoms with van der Waals surface area (Å²) in [6, 6.07) is 33.5. The monoisotopic (exact) mass is 715 g/mol. The van der Waals surface area contributed by atoms with E-state index in [0.29, 0.717) is 13.0 Å². The second kappa shape index (κ2) is 18.1. The van der Waals surface area contributed by atoms with Gasteiger partial charge in [-0.2, -0.15) is 0 Å². The Kier molecular flexibility index (Phi) is 12.7. The lowest BCUT2D eigenvalue weighted by Crippen LogP contribution is -2.47. The summed E-state index contributed by atoms with van der Waals surface area (Å²) in [4.78, 5) is 55.5. The predicted molar refractivity (Wildman–Crippen MR) is 200 cm³/mol. The van der Waals surface area contributed by atoms with E-state index in [1.54, 1.807) is 17.1 Å². The van der Waals surface area contributed by atoms with Crippen LogP contribution in [-0.4, -0.2) is 72.3 Å². The van der Waals surface area contributed by atoms with Crippen LogP contribution in [0.25, 0.3) is 11.1 Å². The van der Waals surface area contributed by atoms with Crippen molar-refractivity contribution in [1.82, 2.24) is 15.5 Å². The van der Waals surface area contributed by atoms with Crippen LogP contribution in [0.5, 0.6) is 0 Å². The Bertz CT molecular complexity index is 1850. The van der Waals surface area contributed by atoms with Crippen LogP contribution in [0.4, 0.5) is 4.79 Å². The van der Waals surface area contributed by atoms with Gasteiger partial charge in [0.2, 0.25) is 11.8 Å². The predicted octanol–water partition coefficient (Wildman–Crippen LogP) is 5.54. The van der Waals surface area contributed by atoms with E-state index in [1.807, 2.05) is 97.1 Å². The summed E-state index contributed by atoms with van der Waals surface area (Å²) in [7, 11) is 0. The molecule has 0 fully saturated rings. The lowest BCUT2D eigenvalue weighted by atomic mass is 9.97. The van der Waals surface area contributed by atoms with Crippen molar-refractivity contribution in [2.24, 2.45) is 5.92 Å². The molecule has 3 amide bonds. The van der Waals surface area contributed by atoms with E-state index >= 15 is 0 Å². The zero-order valence-corrected chi connectivity index (χ0v) is 29.6. The van der Waals surface area contributed by atoms with Crippen LogP contribution >= 0.6 is 0 Å². The Morgan fingerprint density at radius 2 is 1.42 bits per heavy atom. The SMILES string of the molecule is O=C(N[C@@H]1C/C=C\C[C@H](CC(=O)N(CCO)Cc2ccccc2)C(=O)N[C@@H](Cc2ccccc2)COC1=O)OCC1c2ccccc2-c2ccccc21. The smallest absolute Gasteiger partial charge is 0.407 e. The van der Waals surface area contributed by atoms with Crippen LogP contribution in [0.3, 0.4) is 0 Å². The molecule has 6 rings (SSSR count). The molecule has 0 unspecified atom stereocenters. The number of ether oxygens (including phenoxy) is 2. The van der Waals surface area contributed by atoms with Crippen molar-refractivity contribution in [3.05, 3.63) is 144 Å². The third-order valence-corrected chi connectivity index (χ3v) is 9.71. The summed E-state index contributed by atoms with van der Waals surface area (Å²) in [5.41, 5.74) is 6.22. The van der Waals surface area contributed by atoms with Crippen molar-refractivity contribution in [3.8, 4) is 11.1 Å². The number of carbonyl (C=O) groups is 4. The number of cyclic esters (lactones) is 1. The summed E-state index contributed by atoms with van der Waals surface area (Å²) in [5, 5.41) is 15.4. The van der Waals surface area contributed by atoms with E-state index in [-0.39, 0.29) is 63.4 Å². The second-order valence-corrected chi connectivity index (χ2v) is 13.4. The first-order valence-electron chi connectivity index (χ1n) is 18.1. The average Bonchev–Trinajstić information content (AvgIpc) is 3.50. The highest BCUT2D eigenvalue weighted by Gasteiger charge is 2.31. The minimum Gasteiger partial charge on any atom is -0.462 e. The summed E-state index contributed by atoms with van der Waals surface area (Å²) >= 11 is 0. The molecule has 10 heteroatoms. The highest BCUT2D eigenvalue weighted by Crippen LogP contribution is 2.44. The quantitative estimate of drug-likeness (QED) is 0.137. The molecular weight excluding hydrogens is 670 g/mol. The Labute approximate surface area is 309 Å². The van der Waals surface area contributed by atoms with Crippen molar-refractivity contribution >= 4 is 23.9 Å². The van der Waals surface area contributed by atoms with E-state index in [4.69, 9.17) is 9.47 Å². The fourth-order valence-electron chi connectivity index (χ4n) is 6.98. The lowest BCUT2D eigenvalue weighted by Gasteiger charge is -2.27. The van der Waals surface area contributed by atoms with Crippen LogP contribution in [0.15, 0.2) is 121 Å². The number of aliphatic hydroxyl groups is 1. The van der Waals surface area contributed by atoms with Crippen molar-refractivity contribution < 1.29 is 33.8 Å². The van der Waals surface area contributed by atoms with Gasteiger partial charge in [0.25, 0.3) is 0 Å². The first-order valence-corrected chi connectivity index (χ1v) is 18.1. The molecule has 0 spiro atoms. The molecule has 0 bridgehead atoms. The number of benzene rings is 4. The number of allylic oxidation sites excluding steroid dienone is 1. The molecule has 0 aromatic heterocycles. The number of alkyl carbamates (subject to hydrolysis) is 1. The van der Waals surface area contributed by atoms with E-state index in [9.17, 15) is 24.3 Å². The van der Waals surface area contributed by atoms with Gasteiger partial charge in [0.15, 0.2) is 0 Å². The minimum atomic E-state index is -1.04. The van der Waals surface area contributed by atoms with Gasteiger partial charge in [-0.3, -0.25) is 9.59 Å². The van der Waals surface area contributed by atoms with Crippen LogP contribution < -0.4 is 10.6 Å². The largest absolute Gasteiger partial charge is 0.462 e. The van der Waals surface area contributed by atoms with Gasteiger partial charge in [-0.05, 0) is 52.6 Å². The number of rotatable bonds is 11. The molecule has 1 aliphatic carbocycles. The van der Waals surface area contributed by atoms with Gasteiger partial charge in [0.1, 0.15) is 19.3 Å². The number of esters is 1. The fraction of sp³-hybridized carbons (Fsp3) is 0.302. The number of nitrogens with one attached hydrogen (secondary N) is 2. The second-order valence-electron chi connectivity index (χ2n) is 13.4. The molecule has 0 radical (unpaired) electrons. The van der Waals surface area contributed by atoms with Crippen LogP contribution in [0.2, 0.25) is 0 Å². The molecule has 274 valence electrons. The molecule has 3 atom stereocenters. The molecule has 4 aromatic rings. The Balaban J connectivity index is 1.15. The number of hydrogen-bond donors (Lipinski definition) is 3. The zero-order chi connectivity index (χ0) is 37.0. The van der Waals surface area contributed by atoms with Gasteiger partial charge in [0, 0.05) is 25.4 Å². The number of nitrogens with zero attached hydrogens (tertiary/aromatic N) is 1. The topological polar surface area (TPSA) is 134 Å². The lowest BCUT2D eigenvalue weighted by molar-refractivity contribution is -0.147. The Hall–Kier alpha value is -5.74. The van der Waals surface area contributed by atoms with Gasteiger partial charge in [-0.25, -0.2) is 9.59 Å². The third kappa shape index (κ3) is 9.78. The van der Waals surface area contributed by atoms with Crippen LogP contribution in [0.1, 0.15) is 47.4 Å². The maximum absolute atomic E-state index is 13.8. The molecule has 0 saturated heterocycles. The zero-order valence-electron chi connectivity index (χ0n) is 29.6. The number of aliphatic hydroxyl groups excluding tert-OH is 1. The van der Waals surface area contributed by atoms with Crippen molar-refractivity contribution in [3.63, 3.8) is 0 Å². The molecule has 2 aliphatic rings. The highest BCUT2D eigenvalue weighted by atomic mass is 16.6. The third-order valence-electron chi connectivity index (χ3n) is 9.71. The van der Waals surface area contributed by atoms with Crippen molar-refractivity contribution in [2.75, 3.05) is 26.4 Å². The fourth-order valence-corrected chi connectivity index (χ4v) is 6.98. The molecule has 1 aliphatic heterocycles. The summed E-state index contributed by atoms with van der Waals surface area (Å²) in [5.74, 6) is -2.11. The summed E-state index contributed by atoms with van der Waals surface area (Å²) in [6.07, 6.45) is 3.33. The first kappa shape index (κ1) is 37.0. The van der Waals surface area contributed by atoms with E-state index in [0.717, 1.165) is 33.4 Å². The van der Waals surface area contributed by atoms with Gasteiger partial charge in [0.05, 0.1) is 18.6 Å². The molecule has 1 heterocycles. The van der Waals surface area contributed by atoms with Gasteiger partial charge >= 0.3 is 12.1 Å². The minimum absolute atomic E-state index is 0.0811. The maximum atomic E-state index is 13.8. The normalized spacial score (nSPS) is 19.3. The molecule has 0 saturated carbocycles. The van der Waals surface area contributed by atoms with Crippen molar-refractivity contribution in [1.29, 1.82) is 0 Å². The van der Waals surface area contributed by atoms with Gasteiger partial charge in [-0.1, -0.05) is 121 Å². The number of amides is 3. The molecule has 10 nitrogen and oxygen atoms in total. The van der Waals surface area contributed by atoms with E-state index < -0.39 is 30.1 Å². The summed E-state index contributed by atoms with van der Waals surface area (Å²) < 4.78 is 11.4. The van der Waals surface area contributed by atoms with Crippen LogP contribution in [0, 0.1) is 5.92 Å². The van der Waals surface area contributed by atoms with Gasteiger partial charge in [-0.15, -0.1) is 0 Å². The van der Waals surface area contributed by atoms with E-state index in [2.05, 4.69) is 22.8 Å². The molecule has 3 N–H and O–H groups in total. The molecule has 4 aromatic carbocycles. The average molecular weight is 716 g/mol. The Morgan fingerprint density at radius 1 is 0.811 bits per heavy atom. The number of carbonyl (C=O) groups excluding carboxylic acids is 4. The first-order chi connectivity index (χ1) is 25.9. The Morgan fingerprint density at radius 3 is 2.08 bits per heavy atom.